The van der Waals surface area contributed by atoms with Crippen molar-refractivity contribution in [3.05, 3.63) is 35.4 Å². The molecule has 6 heterocycles. The van der Waals surface area contributed by atoms with Gasteiger partial charge >= 0.3 is 78.4 Å². The van der Waals surface area contributed by atoms with E-state index in [0.717, 1.165) is 26.7 Å². The summed E-state index contributed by atoms with van der Waals surface area (Å²) in [5.41, 5.74) is -2.52. The lowest BCUT2D eigenvalue weighted by molar-refractivity contribution is -0.315. The summed E-state index contributed by atoms with van der Waals surface area (Å²) in [4.78, 5) is 108. The number of benzene rings is 1. The van der Waals surface area contributed by atoms with E-state index in [0.29, 0.717) is 55.6 Å². The molecular weight excluding hydrogens is 1590 g/mol. The molecule has 1 spiro atoms. The first-order valence-corrected chi connectivity index (χ1v) is 42.8. The monoisotopic (exact) mass is 1710 g/mol. The van der Waals surface area contributed by atoms with Crippen molar-refractivity contribution in [1.29, 1.82) is 0 Å². The van der Waals surface area contributed by atoms with Crippen LogP contribution < -0.4 is 0 Å². The molecule has 666 valence electrons. The van der Waals surface area contributed by atoms with E-state index in [1.807, 2.05) is 27.7 Å². The van der Waals surface area contributed by atoms with Crippen molar-refractivity contribution in [2.45, 2.75) is 358 Å². The predicted molar refractivity (Wildman–Crippen MR) is 391 cm³/mol. The van der Waals surface area contributed by atoms with E-state index >= 15 is 0 Å². The van der Waals surface area contributed by atoms with Crippen LogP contribution in [-0.4, -0.2) is 185 Å². The molecule has 0 radical (unpaired) electrons. The Hall–Kier alpha value is -6.41. The summed E-state index contributed by atoms with van der Waals surface area (Å²) in [5, 5.41) is 0. The molecule has 0 N–H and O–H groups in total. The third kappa shape index (κ3) is 27.3. The summed E-state index contributed by atoms with van der Waals surface area (Å²) in [6, 6.07) is 6.81. The predicted octanol–water partition coefficient (Wildman–Crippen LogP) is 16.6. The lowest BCUT2D eigenvalue weighted by Gasteiger charge is -2.36. The summed E-state index contributed by atoms with van der Waals surface area (Å²) < 4.78 is 229. The Morgan fingerprint density at radius 2 is 0.879 bits per heavy atom. The fourth-order valence-corrected chi connectivity index (χ4v) is 11.8. The summed E-state index contributed by atoms with van der Waals surface area (Å²) in [6.45, 7) is 40.8. The summed E-state index contributed by atoms with van der Waals surface area (Å²) in [7, 11) is -1.51. The van der Waals surface area contributed by atoms with Gasteiger partial charge in [-0.25, -0.2) is 14.4 Å². The van der Waals surface area contributed by atoms with Gasteiger partial charge in [0.1, 0.15) is 12.2 Å². The van der Waals surface area contributed by atoms with Gasteiger partial charge in [0.2, 0.25) is 12.2 Å². The van der Waals surface area contributed by atoms with Crippen LogP contribution in [0.3, 0.4) is 0 Å². The van der Waals surface area contributed by atoms with Gasteiger partial charge in [-0.05, 0) is 159 Å². The molecule has 7 fully saturated rings. The zero-order chi connectivity index (χ0) is 89.1. The van der Waals surface area contributed by atoms with Crippen molar-refractivity contribution in [1.82, 2.24) is 0 Å². The molecule has 6 aliphatic heterocycles. The quantitative estimate of drug-likeness (QED) is 0.0360. The molecule has 1 saturated carbocycles. The number of hydrogen-bond donors (Lipinski definition) is 0. The Labute approximate surface area is 671 Å². The minimum atomic E-state index is -5.80. The second kappa shape index (κ2) is 39.9. The maximum atomic E-state index is 12.7. The highest BCUT2D eigenvalue weighted by Gasteiger charge is 2.68. The molecule has 8 rings (SSSR count). The van der Waals surface area contributed by atoms with Crippen molar-refractivity contribution >= 4 is 61.8 Å². The van der Waals surface area contributed by atoms with E-state index in [1.165, 1.54) is 19.3 Å². The van der Waals surface area contributed by atoms with Gasteiger partial charge in [-0.2, -0.15) is 52.7 Å². The lowest BCUT2D eigenvalue weighted by atomic mass is 9.85. The third-order valence-electron chi connectivity index (χ3n) is 21.7. The van der Waals surface area contributed by atoms with Crippen molar-refractivity contribution in [2.75, 3.05) is 12.8 Å². The van der Waals surface area contributed by atoms with E-state index in [4.69, 9.17) is 56.8 Å². The smallest absolute Gasteiger partial charge is 0.434 e. The van der Waals surface area contributed by atoms with Crippen LogP contribution >= 0.6 is 0 Å². The van der Waals surface area contributed by atoms with Crippen LogP contribution in [0.1, 0.15) is 238 Å². The number of carbonyl (C=O) groups excluding carboxylic acids is 9. The summed E-state index contributed by atoms with van der Waals surface area (Å²) >= 11 is 0. The molecule has 14 unspecified atom stereocenters. The normalized spacial score (nSPS) is 26.6. The van der Waals surface area contributed by atoms with Gasteiger partial charge < -0.3 is 71.1 Å². The zero-order valence-electron chi connectivity index (χ0n) is 70.4. The first-order valence-electron chi connectivity index (χ1n) is 39.1. The number of fused-ring (bicyclic) bond motifs is 6. The van der Waals surface area contributed by atoms with Crippen LogP contribution in [0.4, 0.5) is 52.7 Å². The Balaban J connectivity index is 0.000000329. The number of unbranched alkanes of at least 4 members (excludes halogenated alkanes) is 1. The van der Waals surface area contributed by atoms with Gasteiger partial charge in [0.05, 0.1) is 59.5 Å². The van der Waals surface area contributed by atoms with Crippen LogP contribution in [0.2, 0.25) is 19.6 Å². The van der Waals surface area contributed by atoms with Crippen LogP contribution in [0.5, 0.6) is 0 Å². The molecule has 24 nitrogen and oxygen atoms in total. The Kier molecular flexibility index (Phi) is 35.0. The topological polar surface area (TPSA) is 292 Å². The van der Waals surface area contributed by atoms with Crippen LogP contribution in [-0.2, 0) is 115 Å². The standard InChI is InChI=1S/C25H34O9Si.C22H26F6O9.C14H28O2.2C9H15F3O2/c1-8-24(2,3)23(28)32-18-16-17(30-21(18)27)19-22(31-16)34-25(4,33-19)15-11-9-14(10-12-15)20(26)29-13-35(5,6)7;1-4-19(2,3)18(31)34-12-10-11(32-15(12)30)13-16(33-10)37-20(36-13)7-5-9(6-8-20)14(29)35-17(21(23,24)25)22(26,27)28;1-6-9-10-12(7-2)11-16-13(15)14(4,5)8-3;2*1-5-8(3,4)7(13)14-6(2)9(10,11)12/h9-12,16-19,22H,8,13H2,1-7H3;9-13,16-17H,4-8H2,1-3H3;12H,6-11H2,1-5H3;2*6H,5H2,1-4H3. The van der Waals surface area contributed by atoms with Crippen LogP contribution in [0.15, 0.2) is 24.3 Å². The molecule has 14 atom stereocenters. The highest BCUT2D eigenvalue weighted by Crippen LogP contribution is 2.51. The first kappa shape index (κ1) is 102. The Morgan fingerprint density at radius 1 is 0.491 bits per heavy atom. The molecule has 116 heavy (non-hydrogen) atoms. The molecule has 1 aromatic carbocycles. The molecule has 0 aromatic heterocycles. The number of rotatable bonds is 26. The fourth-order valence-electron chi connectivity index (χ4n) is 11.2. The Morgan fingerprint density at radius 3 is 1.25 bits per heavy atom. The van der Waals surface area contributed by atoms with E-state index in [1.54, 1.807) is 107 Å². The van der Waals surface area contributed by atoms with Crippen LogP contribution in [0.25, 0.3) is 0 Å². The number of hydrogen-bond acceptors (Lipinski definition) is 24. The molecule has 1 aromatic rings. The Bertz CT molecular complexity index is 3410. The van der Waals surface area contributed by atoms with E-state index in [-0.39, 0.29) is 43.0 Å². The maximum Gasteiger partial charge on any atom is 0.434 e. The highest BCUT2D eigenvalue weighted by atomic mass is 28.3. The van der Waals surface area contributed by atoms with Crippen LogP contribution in [0, 0.1) is 38.9 Å². The average molecular weight is 1710 g/mol. The average Bonchev–Trinajstić information content (AvgIpc) is 1.58. The van der Waals surface area contributed by atoms with Crippen molar-refractivity contribution < 1.29 is 167 Å². The van der Waals surface area contributed by atoms with Gasteiger partial charge in [0.25, 0.3) is 6.10 Å². The molecule has 0 bridgehead atoms. The molecular formula is C79H118F12O24Si. The molecule has 6 saturated heterocycles. The zero-order valence-corrected chi connectivity index (χ0v) is 71.4. The SMILES string of the molecule is CCC(C)(C)C(=O)OC(C)C(F)(F)F.CCC(C)(C)C(=O)OC(C)C(F)(F)F.CCC(C)(C)C(=O)OC1C(=O)OC2C3OC(C)(c4ccc(C(=O)OC[Si](C)(C)C)cc4)OC3OC12.CCC(C)(C)C(=O)OC1C(=O)OC2C3OC4(CCC(C(=O)OC(C(F)(F)F)C(F)(F)F)CC4)OC3OC12.CCCCC(CC)COC(=O)C(C)(C)CC. The first-order chi connectivity index (χ1) is 52.9. The number of esters is 9. The second-order valence-electron chi connectivity index (χ2n) is 34.4. The van der Waals surface area contributed by atoms with Crippen molar-refractivity contribution in [3.63, 3.8) is 0 Å². The van der Waals surface area contributed by atoms with E-state index in [9.17, 15) is 95.8 Å². The minimum absolute atomic E-state index is 0.0510. The summed E-state index contributed by atoms with van der Waals surface area (Å²) in [5.74, 6) is -9.43. The largest absolute Gasteiger partial charge is 0.466 e. The molecule has 7 aliphatic rings. The van der Waals surface area contributed by atoms with E-state index in [2.05, 4.69) is 47.7 Å². The molecule has 0 amide bonds. The van der Waals surface area contributed by atoms with Crippen molar-refractivity contribution in [3.8, 4) is 0 Å². The fraction of sp³-hybridized carbons (Fsp3) is 0.810. The minimum Gasteiger partial charge on any atom is -0.466 e. The van der Waals surface area contributed by atoms with Gasteiger partial charge in [0, 0.05) is 18.4 Å². The highest BCUT2D eigenvalue weighted by molar-refractivity contribution is 6.76. The molecule has 37 heteroatoms. The second-order valence-corrected chi connectivity index (χ2v) is 39.8. The third-order valence-corrected chi connectivity index (χ3v) is 22.7. The van der Waals surface area contributed by atoms with Gasteiger partial charge in [-0.15, -0.1) is 0 Å². The molecule has 1 aliphatic carbocycles. The number of halogens is 12. The summed E-state index contributed by atoms with van der Waals surface area (Å²) in [6.07, 6.45) is -30.8. The number of ether oxygens (including phenoxy) is 15. The maximum absolute atomic E-state index is 12.7. The van der Waals surface area contributed by atoms with Gasteiger partial charge in [-0.1, -0.05) is 99.5 Å². The van der Waals surface area contributed by atoms with E-state index < -0.39 is 193 Å². The lowest BCUT2D eigenvalue weighted by Crippen LogP contribution is -2.47. The van der Waals surface area contributed by atoms with Crippen molar-refractivity contribution in [2.24, 2.45) is 38.9 Å². The number of carbonyl (C=O) groups is 9. The van der Waals surface area contributed by atoms with Gasteiger partial charge in [0.15, 0.2) is 60.8 Å². The number of alkyl halides is 12. The van der Waals surface area contributed by atoms with Gasteiger partial charge in [-0.3, -0.25) is 28.8 Å².